The second-order valence-corrected chi connectivity index (χ2v) is 4.73. The maximum absolute atomic E-state index is 13.4. The summed E-state index contributed by atoms with van der Waals surface area (Å²) in [6.07, 6.45) is -0.809. The van der Waals surface area contributed by atoms with Crippen molar-refractivity contribution in [3.63, 3.8) is 0 Å². The first-order chi connectivity index (χ1) is 8.56. The quantitative estimate of drug-likeness (QED) is 0.816. The number of hydrogen-bond acceptors (Lipinski definition) is 4. The SMILES string of the molecule is O=C1NCC(CSc2cc(C(=O)O)ccc2F)O1. The number of carbonyl (C=O) groups is 2. The molecule has 0 aromatic heterocycles. The minimum absolute atomic E-state index is 0.0282. The van der Waals surface area contributed by atoms with Gasteiger partial charge in [0.05, 0.1) is 12.1 Å². The molecule has 96 valence electrons. The van der Waals surface area contributed by atoms with Gasteiger partial charge < -0.3 is 15.2 Å². The predicted molar refractivity (Wildman–Crippen MR) is 62.4 cm³/mol. The first-order valence-corrected chi connectivity index (χ1v) is 6.15. The van der Waals surface area contributed by atoms with Crippen LogP contribution in [0.4, 0.5) is 9.18 Å². The summed E-state index contributed by atoms with van der Waals surface area (Å²) in [5.41, 5.74) is 0.0282. The van der Waals surface area contributed by atoms with E-state index in [1.807, 2.05) is 0 Å². The fourth-order valence-corrected chi connectivity index (χ4v) is 2.42. The highest BCUT2D eigenvalue weighted by Gasteiger charge is 2.23. The zero-order valence-electron chi connectivity index (χ0n) is 9.18. The van der Waals surface area contributed by atoms with Crippen molar-refractivity contribution in [3.8, 4) is 0 Å². The molecular formula is C11H10FNO4S. The Labute approximate surface area is 106 Å². The Kier molecular flexibility index (Phi) is 3.71. The number of aromatic carboxylic acids is 1. The number of carboxylic acids is 1. The second kappa shape index (κ2) is 5.26. The summed E-state index contributed by atoms with van der Waals surface area (Å²) in [6.45, 7) is 0.381. The number of nitrogens with one attached hydrogen (secondary N) is 1. The Balaban J connectivity index is 2.02. The first-order valence-electron chi connectivity index (χ1n) is 5.16. The van der Waals surface area contributed by atoms with Crippen LogP contribution in [0.5, 0.6) is 0 Å². The van der Waals surface area contributed by atoms with Crippen LogP contribution in [0.1, 0.15) is 10.4 Å². The average Bonchev–Trinajstić information content (AvgIpc) is 2.74. The van der Waals surface area contributed by atoms with E-state index in [1.54, 1.807) is 0 Å². The number of benzene rings is 1. The van der Waals surface area contributed by atoms with E-state index in [9.17, 15) is 14.0 Å². The van der Waals surface area contributed by atoms with E-state index >= 15 is 0 Å². The molecule has 7 heteroatoms. The van der Waals surface area contributed by atoms with E-state index in [-0.39, 0.29) is 16.6 Å². The van der Waals surface area contributed by atoms with Crippen molar-refractivity contribution >= 4 is 23.8 Å². The van der Waals surface area contributed by atoms with Crippen LogP contribution in [0.3, 0.4) is 0 Å². The monoisotopic (exact) mass is 271 g/mol. The topological polar surface area (TPSA) is 75.6 Å². The van der Waals surface area contributed by atoms with Gasteiger partial charge in [-0.05, 0) is 18.2 Å². The minimum Gasteiger partial charge on any atom is -0.478 e. The van der Waals surface area contributed by atoms with Crippen LogP contribution in [-0.2, 0) is 4.74 Å². The van der Waals surface area contributed by atoms with Gasteiger partial charge in [0.1, 0.15) is 11.9 Å². The van der Waals surface area contributed by atoms with Crippen molar-refractivity contribution in [1.29, 1.82) is 0 Å². The number of cyclic esters (lactones) is 1. The van der Waals surface area contributed by atoms with Gasteiger partial charge in [-0.1, -0.05) is 0 Å². The number of thioether (sulfide) groups is 1. The van der Waals surface area contributed by atoms with Crippen LogP contribution < -0.4 is 5.32 Å². The van der Waals surface area contributed by atoms with Crippen molar-refractivity contribution in [2.75, 3.05) is 12.3 Å². The number of rotatable bonds is 4. The molecule has 0 saturated carbocycles. The van der Waals surface area contributed by atoms with Gasteiger partial charge in [-0.15, -0.1) is 11.8 Å². The lowest BCUT2D eigenvalue weighted by atomic mass is 10.2. The summed E-state index contributed by atoms with van der Waals surface area (Å²) in [5.74, 6) is -1.22. The van der Waals surface area contributed by atoms with E-state index < -0.39 is 17.9 Å². The molecule has 2 rings (SSSR count). The second-order valence-electron chi connectivity index (χ2n) is 3.67. The normalized spacial score (nSPS) is 18.3. The van der Waals surface area contributed by atoms with E-state index in [1.165, 1.54) is 12.1 Å². The largest absolute Gasteiger partial charge is 0.478 e. The van der Waals surface area contributed by atoms with Crippen LogP contribution in [0.15, 0.2) is 23.1 Å². The third-order valence-electron chi connectivity index (χ3n) is 2.35. The first kappa shape index (κ1) is 12.7. The molecule has 5 nitrogen and oxygen atoms in total. The van der Waals surface area contributed by atoms with Crippen LogP contribution in [0, 0.1) is 5.82 Å². The molecule has 1 aromatic carbocycles. The van der Waals surface area contributed by atoms with Gasteiger partial charge in [-0.3, -0.25) is 0 Å². The van der Waals surface area contributed by atoms with Crippen LogP contribution in [-0.4, -0.2) is 35.6 Å². The highest BCUT2D eigenvalue weighted by molar-refractivity contribution is 7.99. The van der Waals surface area contributed by atoms with Gasteiger partial charge >= 0.3 is 12.1 Å². The number of carbonyl (C=O) groups excluding carboxylic acids is 1. The van der Waals surface area contributed by atoms with E-state index in [2.05, 4.69) is 5.32 Å². The van der Waals surface area contributed by atoms with Crippen LogP contribution in [0.2, 0.25) is 0 Å². The summed E-state index contributed by atoms with van der Waals surface area (Å²) < 4.78 is 18.3. The van der Waals surface area contributed by atoms with Crippen molar-refractivity contribution < 1.29 is 23.8 Å². The van der Waals surface area contributed by atoms with Gasteiger partial charge in [0.2, 0.25) is 0 Å². The van der Waals surface area contributed by atoms with Crippen molar-refractivity contribution in [1.82, 2.24) is 5.32 Å². The van der Waals surface area contributed by atoms with Crippen molar-refractivity contribution in [2.45, 2.75) is 11.0 Å². The summed E-state index contributed by atoms with van der Waals surface area (Å²) in [6, 6.07) is 3.59. The molecule has 1 aliphatic rings. The lowest BCUT2D eigenvalue weighted by Crippen LogP contribution is -2.16. The number of hydrogen-bond donors (Lipinski definition) is 2. The summed E-state index contributed by atoms with van der Waals surface area (Å²) >= 11 is 1.12. The number of amides is 1. The third-order valence-corrected chi connectivity index (χ3v) is 3.51. The zero-order valence-corrected chi connectivity index (χ0v) is 10.00. The van der Waals surface area contributed by atoms with Crippen LogP contribution in [0.25, 0.3) is 0 Å². The Morgan fingerprint density at radius 2 is 2.39 bits per heavy atom. The molecule has 1 heterocycles. The van der Waals surface area contributed by atoms with Crippen molar-refractivity contribution in [2.24, 2.45) is 0 Å². The molecule has 1 saturated heterocycles. The predicted octanol–water partition coefficient (Wildman–Crippen LogP) is 1.72. The third kappa shape index (κ3) is 2.92. The maximum atomic E-state index is 13.4. The van der Waals surface area contributed by atoms with Gasteiger partial charge in [-0.25, -0.2) is 14.0 Å². The van der Waals surface area contributed by atoms with E-state index in [0.717, 1.165) is 17.8 Å². The number of halogens is 1. The molecule has 1 fully saturated rings. The Hall–Kier alpha value is -1.76. The number of ether oxygens (including phenoxy) is 1. The summed E-state index contributed by atoms with van der Waals surface area (Å²) in [5, 5.41) is 11.3. The lowest BCUT2D eigenvalue weighted by molar-refractivity contribution is 0.0696. The number of carboxylic acid groups (broad SMARTS) is 1. The summed E-state index contributed by atoms with van der Waals surface area (Å²) in [7, 11) is 0. The smallest absolute Gasteiger partial charge is 0.407 e. The molecule has 1 amide bonds. The van der Waals surface area contributed by atoms with Gasteiger partial charge in [0, 0.05) is 10.6 Å². The average molecular weight is 271 g/mol. The molecule has 0 aliphatic carbocycles. The highest BCUT2D eigenvalue weighted by atomic mass is 32.2. The number of alkyl carbamates (subject to hydrolysis) is 1. The standard InChI is InChI=1S/C11H10FNO4S/c12-8-2-1-6(10(14)15)3-9(8)18-5-7-4-13-11(16)17-7/h1-3,7H,4-5H2,(H,13,16)(H,14,15). The Morgan fingerprint density at radius 3 is 3.00 bits per heavy atom. The fraction of sp³-hybridized carbons (Fsp3) is 0.273. The fourth-order valence-electron chi connectivity index (χ4n) is 1.45. The maximum Gasteiger partial charge on any atom is 0.407 e. The molecule has 0 spiro atoms. The van der Waals surface area contributed by atoms with Gasteiger partial charge in [0.15, 0.2) is 0 Å². The van der Waals surface area contributed by atoms with Crippen LogP contribution >= 0.6 is 11.8 Å². The highest BCUT2D eigenvalue weighted by Crippen LogP contribution is 2.25. The lowest BCUT2D eigenvalue weighted by Gasteiger charge is -2.08. The molecule has 0 radical (unpaired) electrons. The van der Waals surface area contributed by atoms with Gasteiger partial charge in [0.25, 0.3) is 0 Å². The molecule has 0 bridgehead atoms. The zero-order chi connectivity index (χ0) is 13.1. The van der Waals surface area contributed by atoms with E-state index in [4.69, 9.17) is 9.84 Å². The molecule has 2 N–H and O–H groups in total. The summed E-state index contributed by atoms with van der Waals surface area (Å²) in [4.78, 5) is 21.8. The minimum atomic E-state index is -1.11. The molecule has 1 aliphatic heterocycles. The Morgan fingerprint density at radius 1 is 1.61 bits per heavy atom. The molecule has 18 heavy (non-hydrogen) atoms. The molecule has 1 aromatic rings. The van der Waals surface area contributed by atoms with Gasteiger partial charge in [-0.2, -0.15) is 0 Å². The Bertz CT molecular complexity index is 494. The molecular weight excluding hydrogens is 261 g/mol. The van der Waals surface area contributed by atoms with E-state index in [0.29, 0.717) is 12.3 Å². The van der Waals surface area contributed by atoms with Crippen molar-refractivity contribution in [3.05, 3.63) is 29.6 Å². The molecule has 1 unspecified atom stereocenters. The molecule has 1 atom stereocenters.